The second-order valence-electron chi connectivity index (χ2n) is 7.24. The van der Waals surface area contributed by atoms with E-state index < -0.39 is 22.8 Å². The zero-order valence-electron chi connectivity index (χ0n) is 13.7. The van der Waals surface area contributed by atoms with Gasteiger partial charge in [-0.1, -0.05) is 45.9 Å². The van der Waals surface area contributed by atoms with Crippen LogP contribution in [0.5, 0.6) is 5.75 Å². The lowest BCUT2D eigenvalue weighted by atomic mass is 9.31. The minimum Gasteiger partial charge on any atom is -0.465 e. The highest BCUT2D eigenvalue weighted by molar-refractivity contribution is 6.06. The first-order valence-electron chi connectivity index (χ1n) is 7.71. The Balaban J connectivity index is 2.25. The molecule has 1 fully saturated rings. The molecular weight excluding hydrogens is 280 g/mol. The van der Waals surface area contributed by atoms with Crippen molar-refractivity contribution in [1.29, 1.82) is 0 Å². The summed E-state index contributed by atoms with van der Waals surface area (Å²) in [7, 11) is 0. The molecule has 1 aromatic carbocycles. The van der Waals surface area contributed by atoms with E-state index in [9.17, 15) is 9.59 Å². The third-order valence-electron chi connectivity index (χ3n) is 6.10. The maximum Gasteiger partial charge on any atom is 0.330 e. The van der Waals surface area contributed by atoms with Crippen molar-refractivity contribution >= 4 is 11.9 Å². The monoisotopic (exact) mass is 302 g/mol. The topological polar surface area (TPSA) is 52.6 Å². The van der Waals surface area contributed by atoms with Crippen molar-refractivity contribution in [2.75, 3.05) is 6.61 Å². The first-order valence-corrected chi connectivity index (χ1v) is 7.71. The highest BCUT2D eigenvalue weighted by Gasteiger charge is 2.82. The van der Waals surface area contributed by atoms with Crippen molar-refractivity contribution < 1.29 is 19.1 Å². The van der Waals surface area contributed by atoms with Crippen molar-refractivity contribution in [2.24, 2.45) is 16.2 Å². The van der Waals surface area contributed by atoms with E-state index in [0.29, 0.717) is 5.75 Å². The highest BCUT2D eigenvalue weighted by atomic mass is 16.6. The van der Waals surface area contributed by atoms with Gasteiger partial charge in [0.2, 0.25) is 0 Å². The number of rotatable bonds is 2. The van der Waals surface area contributed by atoms with Gasteiger partial charge in [-0.3, -0.25) is 9.59 Å². The Kier molecular flexibility index (Phi) is 2.97. The molecule has 0 aromatic heterocycles. The molecule has 4 nitrogen and oxygen atoms in total. The van der Waals surface area contributed by atoms with Crippen molar-refractivity contribution in [3.05, 3.63) is 29.8 Å². The number of benzene rings is 1. The number of esters is 2. The Labute approximate surface area is 130 Å². The van der Waals surface area contributed by atoms with Crippen LogP contribution in [0.25, 0.3) is 0 Å². The summed E-state index contributed by atoms with van der Waals surface area (Å²) in [5, 5.41) is 0. The fraction of sp³-hybridized carbons (Fsp3) is 0.556. The van der Waals surface area contributed by atoms with Crippen LogP contribution in [0, 0.1) is 16.2 Å². The normalized spacial score (nSPS) is 30.4. The molecule has 0 bridgehead atoms. The van der Waals surface area contributed by atoms with E-state index in [1.807, 2.05) is 32.0 Å². The van der Waals surface area contributed by atoms with Crippen LogP contribution in [0.3, 0.4) is 0 Å². The molecule has 0 unspecified atom stereocenters. The summed E-state index contributed by atoms with van der Waals surface area (Å²) >= 11 is 0. The van der Waals surface area contributed by atoms with E-state index in [4.69, 9.17) is 9.47 Å². The summed E-state index contributed by atoms with van der Waals surface area (Å²) in [4.78, 5) is 25.6. The van der Waals surface area contributed by atoms with Crippen molar-refractivity contribution in [3.63, 3.8) is 0 Å². The first kappa shape index (κ1) is 15.1. The molecule has 4 heteroatoms. The molecule has 2 aliphatic rings. The maximum absolute atomic E-state index is 12.8. The highest BCUT2D eigenvalue weighted by Crippen LogP contribution is 2.77. The Morgan fingerprint density at radius 1 is 1.23 bits per heavy atom. The molecule has 1 aliphatic heterocycles. The van der Waals surface area contributed by atoms with Crippen LogP contribution in [0.15, 0.2) is 24.3 Å². The number of carbonyl (C=O) groups is 2. The minimum atomic E-state index is -1.26. The van der Waals surface area contributed by atoms with Gasteiger partial charge in [0, 0.05) is 11.5 Å². The minimum absolute atomic E-state index is 0.227. The predicted molar refractivity (Wildman–Crippen MR) is 81.4 cm³/mol. The molecule has 3 rings (SSSR count). The molecule has 0 spiro atoms. The lowest BCUT2D eigenvalue weighted by molar-refractivity contribution is -0.237. The molecule has 118 valence electrons. The molecule has 0 saturated heterocycles. The average molecular weight is 302 g/mol. The average Bonchev–Trinajstić information content (AvgIpc) is 2.45. The van der Waals surface area contributed by atoms with E-state index in [1.165, 1.54) is 0 Å². The maximum atomic E-state index is 12.8. The fourth-order valence-corrected chi connectivity index (χ4v) is 4.38. The Hall–Kier alpha value is -1.84. The van der Waals surface area contributed by atoms with Gasteiger partial charge in [0.05, 0.1) is 6.61 Å². The molecule has 0 N–H and O–H groups in total. The number of hydrogen-bond donors (Lipinski definition) is 0. The molecule has 1 aliphatic carbocycles. The van der Waals surface area contributed by atoms with Crippen LogP contribution in [0.2, 0.25) is 0 Å². The van der Waals surface area contributed by atoms with Gasteiger partial charge in [-0.15, -0.1) is 0 Å². The number of carbonyl (C=O) groups excluding carboxylic acids is 2. The van der Waals surface area contributed by atoms with Crippen LogP contribution in [0.4, 0.5) is 0 Å². The van der Waals surface area contributed by atoms with Crippen LogP contribution in [0.1, 0.15) is 46.1 Å². The zero-order valence-corrected chi connectivity index (χ0v) is 13.7. The quantitative estimate of drug-likeness (QED) is 0.478. The summed E-state index contributed by atoms with van der Waals surface area (Å²) in [5.74, 6) is -0.629. The second kappa shape index (κ2) is 4.34. The standard InChI is InChI=1S/C18H22O4/c1-6-21-14(19)18-13(16(2,3)17(18,4)5)11-9-7-8-10-12(11)22-15(18)20/h7-10,13H,6H2,1-5H3/t13-,18+/m0/s1. The van der Waals surface area contributed by atoms with Gasteiger partial charge in [0.25, 0.3) is 0 Å². The van der Waals surface area contributed by atoms with Crippen molar-refractivity contribution in [2.45, 2.75) is 40.5 Å². The summed E-state index contributed by atoms with van der Waals surface area (Å²) in [6.07, 6.45) is 0. The van der Waals surface area contributed by atoms with Crippen LogP contribution in [-0.4, -0.2) is 18.5 Å². The van der Waals surface area contributed by atoms with Gasteiger partial charge < -0.3 is 9.47 Å². The Morgan fingerprint density at radius 2 is 1.86 bits per heavy atom. The number of para-hydroxylation sites is 1. The lowest BCUT2D eigenvalue weighted by Gasteiger charge is -2.70. The van der Waals surface area contributed by atoms with E-state index in [2.05, 4.69) is 13.8 Å². The van der Waals surface area contributed by atoms with Gasteiger partial charge in [0.15, 0.2) is 5.41 Å². The molecule has 2 atom stereocenters. The number of fused-ring (bicyclic) bond motifs is 3. The Bertz CT molecular complexity index is 659. The summed E-state index contributed by atoms with van der Waals surface area (Å²) in [6, 6.07) is 7.47. The van der Waals surface area contributed by atoms with Gasteiger partial charge >= 0.3 is 11.9 Å². The van der Waals surface area contributed by atoms with E-state index in [-0.39, 0.29) is 17.9 Å². The van der Waals surface area contributed by atoms with Crippen LogP contribution in [-0.2, 0) is 14.3 Å². The second-order valence-corrected chi connectivity index (χ2v) is 7.24. The molecule has 1 aromatic rings. The summed E-state index contributed by atoms with van der Waals surface area (Å²) in [6.45, 7) is 10.1. The number of hydrogen-bond acceptors (Lipinski definition) is 4. The fourth-order valence-electron chi connectivity index (χ4n) is 4.38. The Morgan fingerprint density at radius 3 is 2.50 bits per heavy atom. The molecular formula is C18H22O4. The lowest BCUT2D eigenvalue weighted by Crippen LogP contribution is -2.75. The molecule has 22 heavy (non-hydrogen) atoms. The third-order valence-corrected chi connectivity index (χ3v) is 6.10. The summed E-state index contributed by atoms with van der Waals surface area (Å²) < 4.78 is 10.8. The molecule has 0 radical (unpaired) electrons. The van der Waals surface area contributed by atoms with E-state index in [1.54, 1.807) is 13.0 Å². The van der Waals surface area contributed by atoms with Gasteiger partial charge in [0.1, 0.15) is 5.75 Å². The first-order chi connectivity index (χ1) is 10.2. The van der Waals surface area contributed by atoms with Crippen molar-refractivity contribution in [3.8, 4) is 5.75 Å². The third kappa shape index (κ3) is 1.38. The van der Waals surface area contributed by atoms with E-state index in [0.717, 1.165) is 5.56 Å². The van der Waals surface area contributed by atoms with Gasteiger partial charge in [-0.2, -0.15) is 0 Å². The molecule has 1 saturated carbocycles. The smallest absolute Gasteiger partial charge is 0.330 e. The zero-order chi connectivity index (χ0) is 16.3. The van der Waals surface area contributed by atoms with Crippen LogP contribution < -0.4 is 4.74 Å². The molecule has 1 heterocycles. The van der Waals surface area contributed by atoms with Crippen LogP contribution >= 0.6 is 0 Å². The van der Waals surface area contributed by atoms with Crippen molar-refractivity contribution in [1.82, 2.24) is 0 Å². The van der Waals surface area contributed by atoms with Gasteiger partial charge in [-0.05, 0) is 23.8 Å². The molecule has 0 amide bonds. The number of ether oxygens (including phenoxy) is 2. The SMILES string of the molecule is CCOC(=O)[C@@]12C(=O)Oc3ccccc3[C@H]1C(C)(C)C2(C)C. The summed E-state index contributed by atoms with van der Waals surface area (Å²) in [5.41, 5.74) is -1.13. The van der Waals surface area contributed by atoms with E-state index >= 15 is 0 Å². The van der Waals surface area contributed by atoms with Gasteiger partial charge in [-0.25, -0.2) is 0 Å². The largest absolute Gasteiger partial charge is 0.465 e. The predicted octanol–water partition coefficient (Wildman–Crippen LogP) is 3.30.